The summed E-state index contributed by atoms with van der Waals surface area (Å²) in [5.74, 6) is 0.367. The number of halogens is 1. The van der Waals surface area contributed by atoms with Crippen LogP contribution in [0, 0.1) is 12.8 Å². The monoisotopic (exact) mass is 463 g/mol. The van der Waals surface area contributed by atoms with Crippen LogP contribution in [0.15, 0.2) is 47.0 Å². The molecule has 0 aliphatic carbocycles. The van der Waals surface area contributed by atoms with Crippen LogP contribution in [0.25, 0.3) is 11.3 Å². The van der Waals surface area contributed by atoms with Crippen molar-refractivity contribution in [3.63, 3.8) is 0 Å². The molecule has 6 nitrogen and oxygen atoms in total. The van der Waals surface area contributed by atoms with Gasteiger partial charge in [-0.3, -0.25) is 9.59 Å². The van der Waals surface area contributed by atoms with E-state index < -0.39 is 0 Å². The molecule has 2 aromatic carbocycles. The zero-order valence-corrected chi connectivity index (χ0v) is 19.6. The molecular weight excluding hydrogens is 438 g/mol. The largest absolute Gasteiger partial charge is 0.356 e. The topological polar surface area (TPSA) is 66.7 Å². The number of benzene rings is 2. The number of aromatic nitrogens is 1. The van der Waals surface area contributed by atoms with Crippen molar-refractivity contribution in [2.24, 2.45) is 5.92 Å². The molecule has 0 saturated carbocycles. The van der Waals surface area contributed by atoms with E-state index in [0.29, 0.717) is 36.8 Å². The first-order valence-corrected chi connectivity index (χ1v) is 11.7. The van der Waals surface area contributed by atoms with Gasteiger partial charge in [-0.05, 0) is 48.7 Å². The fourth-order valence-corrected chi connectivity index (χ4v) is 5.09. The average Bonchev–Trinajstić information content (AvgIpc) is 3.42. The van der Waals surface area contributed by atoms with Crippen LogP contribution in [0.3, 0.4) is 0 Å². The molecule has 0 N–H and O–H groups in total. The van der Waals surface area contributed by atoms with E-state index in [1.165, 1.54) is 0 Å². The maximum Gasteiger partial charge on any atom is 0.228 e. The first kappa shape index (κ1) is 21.7. The number of nitrogens with zero attached hydrogens (tertiary/aromatic N) is 3. The maximum atomic E-state index is 13.5. The Hall–Kier alpha value is -3.12. The van der Waals surface area contributed by atoms with Crippen molar-refractivity contribution in [2.75, 3.05) is 18.0 Å². The van der Waals surface area contributed by atoms with Gasteiger partial charge in [0.2, 0.25) is 11.8 Å². The van der Waals surface area contributed by atoms with E-state index in [4.69, 9.17) is 16.1 Å². The van der Waals surface area contributed by atoms with Gasteiger partial charge in [0, 0.05) is 47.8 Å². The summed E-state index contributed by atoms with van der Waals surface area (Å²) in [4.78, 5) is 30.1. The molecule has 1 saturated heterocycles. The van der Waals surface area contributed by atoms with Crippen LogP contribution in [0.5, 0.6) is 0 Å². The van der Waals surface area contributed by atoms with Gasteiger partial charge in [0.05, 0.1) is 18.2 Å². The Morgan fingerprint density at radius 2 is 2.00 bits per heavy atom. The summed E-state index contributed by atoms with van der Waals surface area (Å²) >= 11 is 6.02. The van der Waals surface area contributed by atoms with E-state index in [-0.39, 0.29) is 24.2 Å². The smallest absolute Gasteiger partial charge is 0.228 e. The van der Waals surface area contributed by atoms with Gasteiger partial charge in [0.25, 0.3) is 0 Å². The normalized spacial score (nSPS) is 18.0. The molecule has 33 heavy (non-hydrogen) atoms. The van der Waals surface area contributed by atoms with Crippen molar-refractivity contribution in [1.29, 1.82) is 0 Å². The minimum atomic E-state index is -0.345. The van der Waals surface area contributed by atoms with E-state index in [2.05, 4.69) is 18.1 Å². The van der Waals surface area contributed by atoms with Gasteiger partial charge in [0.15, 0.2) is 5.76 Å². The number of anilines is 1. The van der Waals surface area contributed by atoms with E-state index in [1.54, 1.807) is 0 Å². The molecule has 7 heteroatoms. The van der Waals surface area contributed by atoms with Crippen LogP contribution >= 0.6 is 11.6 Å². The molecule has 2 aliphatic heterocycles. The van der Waals surface area contributed by atoms with Crippen molar-refractivity contribution in [2.45, 2.75) is 39.7 Å². The summed E-state index contributed by atoms with van der Waals surface area (Å²) in [6.45, 7) is 5.54. The third-order valence-corrected chi connectivity index (χ3v) is 6.95. The lowest BCUT2D eigenvalue weighted by Crippen LogP contribution is -2.40. The molecule has 1 atom stereocenters. The van der Waals surface area contributed by atoms with Crippen molar-refractivity contribution < 1.29 is 14.1 Å². The molecule has 1 unspecified atom stereocenters. The zero-order valence-electron chi connectivity index (χ0n) is 18.8. The predicted molar refractivity (Wildman–Crippen MR) is 127 cm³/mol. The second kappa shape index (κ2) is 8.67. The van der Waals surface area contributed by atoms with Gasteiger partial charge in [-0.15, -0.1) is 0 Å². The molecule has 2 amide bonds. The highest BCUT2D eigenvalue weighted by Crippen LogP contribution is 2.35. The maximum absolute atomic E-state index is 13.5. The van der Waals surface area contributed by atoms with Crippen molar-refractivity contribution >= 4 is 29.1 Å². The Morgan fingerprint density at radius 1 is 1.21 bits per heavy atom. The molecule has 1 aromatic heterocycles. The van der Waals surface area contributed by atoms with Gasteiger partial charge >= 0.3 is 0 Å². The van der Waals surface area contributed by atoms with Crippen LogP contribution in [0.1, 0.15) is 35.7 Å². The second-order valence-electron chi connectivity index (χ2n) is 8.80. The lowest BCUT2D eigenvalue weighted by Gasteiger charge is -2.29. The van der Waals surface area contributed by atoms with Crippen LogP contribution < -0.4 is 4.90 Å². The zero-order chi connectivity index (χ0) is 23.1. The van der Waals surface area contributed by atoms with Crippen molar-refractivity contribution in [1.82, 2.24) is 10.1 Å². The summed E-state index contributed by atoms with van der Waals surface area (Å²) in [6, 6.07) is 13.5. The highest BCUT2D eigenvalue weighted by atomic mass is 35.5. The lowest BCUT2D eigenvalue weighted by atomic mass is 9.99. The summed E-state index contributed by atoms with van der Waals surface area (Å²) in [5, 5.41) is 4.88. The molecule has 2 aliphatic rings. The number of rotatable bonds is 4. The number of carbonyl (C=O) groups excluding carboxylic acids is 2. The van der Waals surface area contributed by atoms with E-state index in [0.717, 1.165) is 40.1 Å². The predicted octanol–water partition coefficient (Wildman–Crippen LogP) is 4.80. The fraction of sp³-hybridized carbons (Fsp3) is 0.346. The second-order valence-corrected chi connectivity index (χ2v) is 9.23. The number of aryl methyl sites for hydroxylation is 2. The highest BCUT2D eigenvalue weighted by molar-refractivity contribution is 6.30. The molecule has 170 valence electrons. The summed E-state index contributed by atoms with van der Waals surface area (Å²) in [7, 11) is 0. The minimum absolute atomic E-state index is 0.0156. The lowest BCUT2D eigenvalue weighted by molar-refractivity contribution is -0.136. The minimum Gasteiger partial charge on any atom is -0.356 e. The Balaban J connectivity index is 1.36. The number of para-hydroxylation sites is 1. The number of fused-ring (bicyclic) bond motifs is 1. The summed E-state index contributed by atoms with van der Waals surface area (Å²) < 4.78 is 5.63. The molecule has 3 aromatic rings. The summed E-state index contributed by atoms with van der Waals surface area (Å²) in [6.07, 6.45) is 1.73. The van der Waals surface area contributed by atoms with Crippen LogP contribution in [-0.4, -0.2) is 35.0 Å². The number of hydrogen-bond acceptors (Lipinski definition) is 4. The van der Waals surface area contributed by atoms with Crippen LogP contribution in [-0.2, 0) is 29.0 Å². The molecule has 0 radical (unpaired) electrons. The third-order valence-electron chi connectivity index (χ3n) is 6.70. The molecule has 0 bridgehead atoms. The van der Waals surface area contributed by atoms with Gasteiger partial charge in [-0.2, -0.15) is 0 Å². The van der Waals surface area contributed by atoms with E-state index >= 15 is 0 Å². The molecule has 5 rings (SSSR count). The highest BCUT2D eigenvalue weighted by Gasteiger charge is 2.39. The Morgan fingerprint density at radius 3 is 2.76 bits per heavy atom. The van der Waals surface area contributed by atoms with E-state index in [1.807, 2.05) is 53.1 Å². The fourth-order valence-electron chi connectivity index (χ4n) is 4.97. The molecule has 3 heterocycles. The molecule has 1 fully saturated rings. The average molecular weight is 464 g/mol. The Bertz CT molecular complexity index is 1220. The van der Waals surface area contributed by atoms with Gasteiger partial charge < -0.3 is 14.3 Å². The summed E-state index contributed by atoms with van der Waals surface area (Å²) in [5.41, 5.74) is 5.87. The first-order valence-electron chi connectivity index (χ1n) is 11.4. The SMILES string of the molecule is CCc1cccc(C)c1N1CC(C(=O)N2CCc3noc(-c4ccc(Cl)cc4)c3C2)CC1=O. The molecular formula is C26H26ClN3O3. The number of hydrogen-bond donors (Lipinski definition) is 0. The number of amides is 2. The number of carbonyl (C=O) groups is 2. The quantitative estimate of drug-likeness (QED) is 0.557. The van der Waals surface area contributed by atoms with Gasteiger partial charge in [-0.1, -0.05) is 41.9 Å². The standard InChI is InChI=1S/C26H26ClN3O3/c1-3-17-6-4-5-16(2)24(17)30-14-19(13-23(30)31)26(32)29-12-11-22-21(15-29)25(33-28-22)18-7-9-20(27)10-8-18/h4-10,19H,3,11-15H2,1-2H3. The first-order chi connectivity index (χ1) is 16.0. The Kier molecular flexibility index (Phi) is 5.71. The van der Waals surface area contributed by atoms with Crippen molar-refractivity contribution in [3.8, 4) is 11.3 Å². The van der Waals surface area contributed by atoms with Crippen LogP contribution in [0.4, 0.5) is 5.69 Å². The van der Waals surface area contributed by atoms with Gasteiger partial charge in [0.1, 0.15) is 0 Å². The van der Waals surface area contributed by atoms with E-state index in [9.17, 15) is 9.59 Å². The molecule has 0 spiro atoms. The van der Waals surface area contributed by atoms with Crippen molar-refractivity contribution in [3.05, 3.63) is 69.9 Å². The van der Waals surface area contributed by atoms with Crippen LogP contribution in [0.2, 0.25) is 5.02 Å². The van der Waals surface area contributed by atoms with Gasteiger partial charge in [-0.25, -0.2) is 0 Å². The third kappa shape index (κ3) is 3.93. The Labute approximate surface area is 198 Å².